The predicted molar refractivity (Wildman–Crippen MR) is 89.6 cm³/mol. The van der Waals surface area contributed by atoms with Crippen LogP contribution >= 0.6 is 12.4 Å². The minimum Gasteiger partial charge on any atom is -0.383 e. The van der Waals surface area contributed by atoms with Gasteiger partial charge in [0.25, 0.3) is 0 Å². The Balaban J connectivity index is 0.00000361. The van der Waals surface area contributed by atoms with Crippen LogP contribution in [-0.2, 0) is 5.60 Å². The quantitative estimate of drug-likeness (QED) is 0.888. The minimum absolute atomic E-state index is 0. The first-order valence-corrected chi connectivity index (χ1v) is 7.26. The molecule has 116 valence electrons. The summed E-state index contributed by atoms with van der Waals surface area (Å²) in [6.45, 7) is 15.3. The molecule has 1 aromatic rings. The van der Waals surface area contributed by atoms with Crippen LogP contribution in [0, 0.1) is 12.3 Å². The van der Waals surface area contributed by atoms with E-state index in [4.69, 9.17) is 0 Å². The number of hydrogen-bond donors (Lipinski definition) is 1. The SMILES string of the molecule is CCN(CC)CC(O)(c1ccc(C)cc1)C(C)(C)C.Cl. The van der Waals surface area contributed by atoms with Crippen LogP contribution in [-0.4, -0.2) is 29.6 Å². The van der Waals surface area contributed by atoms with Crippen LogP contribution in [0.3, 0.4) is 0 Å². The van der Waals surface area contributed by atoms with Gasteiger partial charge in [-0.15, -0.1) is 12.4 Å². The molecule has 0 spiro atoms. The molecule has 0 amide bonds. The van der Waals surface area contributed by atoms with Crippen LogP contribution in [0.15, 0.2) is 24.3 Å². The lowest BCUT2D eigenvalue weighted by Gasteiger charge is -2.43. The molecular weight excluding hydrogens is 270 g/mol. The third-order valence-corrected chi connectivity index (χ3v) is 4.12. The van der Waals surface area contributed by atoms with E-state index in [-0.39, 0.29) is 17.8 Å². The number of likely N-dealkylation sites (N-methyl/N-ethyl adjacent to an activating group) is 1. The first-order valence-electron chi connectivity index (χ1n) is 7.26. The zero-order valence-electron chi connectivity index (χ0n) is 13.7. The maximum absolute atomic E-state index is 11.3. The molecule has 0 saturated heterocycles. The largest absolute Gasteiger partial charge is 0.383 e. The van der Waals surface area contributed by atoms with Crippen LogP contribution < -0.4 is 0 Å². The number of nitrogens with zero attached hydrogens (tertiary/aromatic N) is 1. The molecule has 0 fully saturated rings. The number of aliphatic hydroxyl groups is 1. The molecule has 0 aliphatic carbocycles. The van der Waals surface area contributed by atoms with E-state index >= 15 is 0 Å². The lowest BCUT2D eigenvalue weighted by molar-refractivity contribution is -0.0856. The van der Waals surface area contributed by atoms with Gasteiger partial charge in [-0.25, -0.2) is 0 Å². The van der Waals surface area contributed by atoms with Crippen molar-refractivity contribution in [2.75, 3.05) is 19.6 Å². The zero-order valence-corrected chi connectivity index (χ0v) is 14.5. The molecule has 0 aromatic heterocycles. The summed E-state index contributed by atoms with van der Waals surface area (Å²) in [4.78, 5) is 2.28. The molecule has 1 atom stereocenters. The number of hydrogen-bond acceptors (Lipinski definition) is 2. The second kappa shape index (κ2) is 7.44. The number of benzene rings is 1. The topological polar surface area (TPSA) is 23.5 Å². The highest BCUT2D eigenvalue weighted by Crippen LogP contribution is 2.40. The van der Waals surface area contributed by atoms with Crippen molar-refractivity contribution in [2.45, 2.75) is 47.1 Å². The van der Waals surface area contributed by atoms with E-state index in [0.717, 1.165) is 18.7 Å². The van der Waals surface area contributed by atoms with Crippen molar-refractivity contribution < 1.29 is 5.11 Å². The van der Waals surface area contributed by atoms with E-state index in [1.165, 1.54) is 5.56 Å². The molecule has 0 bridgehead atoms. The maximum Gasteiger partial charge on any atom is 0.107 e. The van der Waals surface area contributed by atoms with Gasteiger partial charge in [-0.3, -0.25) is 0 Å². The van der Waals surface area contributed by atoms with Gasteiger partial charge in [0, 0.05) is 6.54 Å². The van der Waals surface area contributed by atoms with Crippen LogP contribution in [0.1, 0.15) is 45.7 Å². The fourth-order valence-electron chi connectivity index (χ4n) is 2.36. The van der Waals surface area contributed by atoms with Gasteiger partial charge in [0.2, 0.25) is 0 Å². The van der Waals surface area contributed by atoms with E-state index in [0.29, 0.717) is 6.54 Å². The lowest BCUT2D eigenvalue weighted by atomic mass is 9.71. The summed E-state index contributed by atoms with van der Waals surface area (Å²) in [5.41, 5.74) is 1.21. The van der Waals surface area contributed by atoms with Crippen LogP contribution in [0.4, 0.5) is 0 Å². The van der Waals surface area contributed by atoms with Gasteiger partial charge >= 0.3 is 0 Å². The van der Waals surface area contributed by atoms with E-state index in [2.05, 4.69) is 70.7 Å². The summed E-state index contributed by atoms with van der Waals surface area (Å²) in [6, 6.07) is 8.27. The molecule has 0 radical (unpaired) electrons. The number of halogens is 1. The fourth-order valence-corrected chi connectivity index (χ4v) is 2.36. The van der Waals surface area contributed by atoms with Gasteiger partial charge in [0.1, 0.15) is 5.60 Å². The highest BCUT2D eigenvalue weighted by atomic mass is 35.5. The normalized spacial score (nSPS) is 14.8. The summed E-state index contributed by atoms with van der Waals surface area (Å²) in [5.74, 6) is 0. The molecule has 0 heterocycles. The zero-order chi connectivity index (χ0) is 14.7. The Bertz CT molecular complexity index is 392. The molecule has 0 saturated carbocycles. The second-order valence-electron chi connectivity index (χ2n) is 6.44. The maximum atomic E-state index is 11.3. The van der Waals surface area contributed by atoms with Gasteiger partial charge in [-0.1, -0.05) is 64.4 Å². The molecule has 3 heteroatoms. The van der Waals surface area contributed by atoms with Crippen LogP contribution in [0.5, 0.6) is 0 Å². The Hall–Kier alpha value is -0.570. The first kappa shape index (κ1) is 19.4. The average Bonchev–Trinajstić information content (AvgIpc) is 2.35. The van der Waals surface area contributed by atoms with Crippen molar-refractivity contribution in [2.24, 2.45) is 5.41 Å². The van der Waals surface area contributed by atoms with Crippen molar-refractivity contribution in [1.82, 2.24) is 4.90 Å². The van der Waals surface area contributed by atoms with Crippen molar-refractivity contribution in [1.29, 1.82) is 0 Å². The summed E-state index contributed by atoms with van der Waals surface area (Å²) >= 11 is 0. The Morgan fingerprint density at radius 3 is 1.80 bits per heavy atom. The van der Waals surface area contributed by atoms with Gasteiger partial charge in [-0.2, -0.15) is 0 Å². The molecule has 1 rings (SSSR count). The first-order chi connectivity index (χ1) is 8.74. The lowest BCUT2D eigenvalue weighted by Crippen LogP contribution is -2.49. The summed E-state index contributed by atoms with van der Waals surface area (Å²) in [7, 11) is 0. The van der Waals surface area contributed by atoms with Crippen LogP contribution in [0.2, 0.25) is 0 Å². The van der Waals surface area contributed by atoms with Gasteiger partial charge < -0.3 is 10.0 Å². The molecule has 1 aromatic carbocycles. The Morgan fingerprint density at radius 1 is 1.00 bits per heavy atom. The number of rotatable bonds is 5. The second-order valence-corrected chi connectivity index (χ2v) is 6.44. The van der Waals surface area contributed by atoms with E-state index in [1.807, 2.05) is 0 Å². The van der Waals surface area contributed by atoms with E-state index in [1.54, 1.807) is 0 Å². The van der Waals surface area contributed by atoms with Crippen molar-refractivity contribution in [3.63, 3.8) is 0 Å². The third kappa shape index (κ3) is 4.21. The highest BCUT2D eigenvalue weighted by Gasteiger charge is 2.42. The van der Waals surface area contributed by atoms with Crippen molar-refractivity contribution in [3.8, 4) is 0 Å². The Labute approximate surface area is 130 Å². The van der Waals surface area contributed by atoms with Crippen LogP contribution in [0.25, 0.3) is 0 Å². The monoisotopic (exact) mass is 299 g/mol. The molecule has 20 heavy (non-hydrogen) atoms. The minimum atomic E-state index is -0.827. The van der Waals surface area contributed by atoms with Gasteiger partial charge in [0.15, 0.2) is 0 Å². The molecule has 0 aliphatic rings. The Morgan fingerprint density at radius 2 is 1.45 bits per heavy atom. The summed E-state index contributed by atoms with van der Waals surface area (Å²) in [6.07, 6.45) is 0. The number of aryl methyl sites for hydroxylation is 1. The molecule has 1 N–H and O–H groups in total. The van der Waals surface area contributed by atoms with E-state index < -0.39 is 5.60 Å². The third-order valence-electron chi connectivity index (χ3n) is 4.12. The van der Waals surface area contributed by atoms with Crippen molar-refractivity contribution >= 4 is 12.4 Å². The summed E-state index contributed by atoms with van der Waals surface area (Å²) < 4.78 is 0. The fraction of sp³-hybridized carbons (Fsp3) is 0.647. The molecule has 0 aliphatic heterocycles. The Kier molecular flexibility index (Phi) is 7.23. The average molecular weight is 300 g/mol. The molecule has 1 unspecified atom stereocenters. The summed E-state index contributed by atoms with van der Waals surface area (Å²) in [5, 5.41) is 11.3. The standard InChI is InChI=1S/C17H29NO.ClH/c1-7-18(8-2)13-17(19,16(4,5)6)15-11-9-14(3)10-12-15;/h9-12,19H,7-8,13H2,1-6H3;1H. The highest BCUT2D eigenvalue weighted by molar-refractivity contribution is 5.85. The predicted octanol–water partition coefficient (Wildman–Crippen LogP) is 3.99. The van der Waals surface area contributed by atoms with Crippen molar-refractivity contribution in [3.05, 3.63) is 35.4 Å². The molecular formula is C17H30ClNO. The van der Waals surface area contributed by atoms with Gasteiger partial charge in [0.05, 0.1) is 0 Å². The smallest absolute Gasteiger partial charge is 0.107 e. The molecule has 2 nitrogen and oxygen atoms in total. The van der Waals surface area contributed by atoms with E-state index in [9.17, 15) is 5.11 Å². The van der Waals surface area contributed by atoms with Gasteiger partial charge in [-0.05, 0) is 31.0 Å².